The van der Waals surface area contributed by atoms with Crippen molar-refractivity contribution in [2.24, 2.45) is 0 Å². The summed E-state index contributed by atoms with van der Waals surface area (Å²) < 4.78 is 0. The molecule has 3 heteroatoms. The van der Waals surface area contributed by atoms with E-state index in [4.69, 9.17) is 0 Å². The molecule has 0 bridgehead atoms. The van der Waals surface area contributed by atoms with Gasteiger partial charge in [0.25, 0.3) is 0 Å². The number of thiophene rings is 1. The third-order valence-electron chi connectivity index (χ3n) is 3.47. The SMILES string of the molecule is CCCC(NCc1ccc(N(C)C)cc1)c1cccs1. The van der Waals surface area contributed by atoms with Crippen LogP contribution in [-0.4, -0.2) is 14.1 Å². The summed E-state index contributed by atoms with van der Waals surface area (Å²) in [5.74, 6) is 0. The Hall–Kier alpha value is -1.32. The summed E-state index contributed by atoms with van der Waals surface area (Å²) in [5.41, 5.74) is 2.59. The summed E-state index contributed by atoms with van der Waals surface area (Å²) in [4.78, 5) is 3.57. The summed E-state index contributed by atoms with van der Waals surface area (Å²) in [7, 11) is 4.14. The molecular weight excluding hydrogens is 264 g/mol. The van der Waals surface area contributed by atoms with Gasteiger partial charge < -0.3 is 10.2 Å². The molecule has 0 spiro atoms. The largest absolute Gasteiger partial charge is 0.378 e. The van der Waals surface area contributed by atoms with Crippen molar-refractivity contribution < 1.29 is 0 Å². The molecule has 0 fully saturated rings. The van der Waals surface area contributed by atoms with Crippen LogP contribution in [-0.2, 0) is 6.54 Å². The van der Waals surface area contributed by atoms with Crippen LogP contribution in [0.3, 0.4) is 0 Å². The summed E-state index contributed by atoms with van der Waals surface area (Å²) in [6.45, 7) is 3.17. The van der Waals surface area contributed by atoms with E-state index in [1.54, 1.807) is 0 Å². The van der Waals surface area contributed by atoms with E-state index in [1.165, 1.54) is 29.0 Å². The van der Waals surface area contributed by atoms with Crippen molar-refractivity contribution in [2.45, 2.75) is 32.4 Å². The molecule has 0 radical (unpaired) electrons. The van der Waals surface area contributed by atoms with E-state index in [0.29, 0.717) is 6.04 Å². The Labute approximate surface area is 126 Å². The number of hydrogen-bond donors (Lipinski definition) is 1. The van der Waals surface area contributed by atoms with Crippen molar-refractivity contribution in [1.29, 1.82) is 0 Å². The molecule has 20 heavy (non-hydrogen) atoms. The molecule has 1 aromatic heterocycles. The number of nitrogens with zero attached hydrogens (tertiary/aromatic N) is 1. The molecule has 0 saturated carbocycles. The first kappa shape index (κ1) is 15.1. The van der Waals surface area contributed by atoms with E-state index in [9.17, 15) is 0 Å². The van der Waals surface area contributed by atoms with Gasteiger partial charge in [0.05, 0.1) is 0 Å². The van der Waals surface area contributed by atoms with Gasteiger partial charge in [-0.3, -0.25) is 0 Å². The Morgan fingerprint density at radius 3 is 2.45 bits per heavy atom. The lowest BCUT2D eigenvalue weighted by atomic mass is 10.1. The minimum absolute atomic E-state index is 0.480. The predicted octanol–water partition coefficient (Wildman–Crippen LogP) is 4.45. The highest BCUT2D eigenvalue weighted by Gasteiger charge is 2.10. The van der Waals surface area contributed by atoms with Crippen LogP contribution in [0.2, 0.25) is 0 Å². The molecule has 0 amide bonds. The third-order valence-corrected chi connectivity index (χ3v) is 4.46. The van der Waals surface area contributed by atoms with Crippen LogP contribution in [0.25, 0.3) is 0 Å². The standard InChI is InChI=1S/C17H24N2S/c1-4-6-16(17-7-5-12-20-17)18-13-14-8-10-15(11-9-14)19(2)3/h5,7-12,16,18H,4,6,13H2,1-3H3. The molecule has 1 aromatic carbocycles. The number of hydrogen-bond acceptors (Lipinski definition) is 3. The molecule has 0 aliphatic heterocycles. The van der Waals surface area contributed by atoms with E-state index in [0.717, 1.165) is 6.54 Å². The van der Waals surface area contributed by atoms with Gasteiger partial charge in [0, 0.05) is 37.2 Å². The lowest BCUT2D eigenvalue weighted by molar-refractivity contribution is 0.500. The smallest absolute Gasteiger partial charge is 0.0417 e. The van der Waals surface area contributed by atoms with Crippen molar-refractivity contribution >= 4 is 17.0 Å². The average Bonchev–Trinajstić information content (AvgIpc) is 2.98. The second-order valence-electron chi connectivity index (χ2n) is 5.30. The van der Waals surface area contributed by atoms with Gasteiger partial charge in [-0.05, 0) is 35.6 Å². The fraction of sp³-hybridized carbons (Fsp3) is 0.412. The Bertz CT molecular complexity index is 488. The lowest BCUT2D eigenvalue weighted by Crippen LogP contribution is -2.20. The molecule has 2 aromatic rings. The van der Waals surface area contributed by atoms with Crippen LogP contribution in [0.15, 0.2) is 41.8 Å². The van der Waals surface area contributed by atoms with Gasteiger partial charge in [0.2, 0.25) is 0 Å². The number of rotatable bonds is 7. The first-order valence-corrected chi connectivity index (χ1v) is 8.11. The Kier molecular flexibility index (Phi) is 5.62. The van der Waals surface area contributed by atoms with Crippen LogP contribution in [0.1, 0.15) is 36.2 Å². The summed E-state index contributed by atoms with van der Waals surface area (Å²) in [6.07, 6.45) is 2.39. The van der Waals surface area contributed by atoms with Gasteiger partial charge in [-0.15, -0.1) is 11.3 Å². The van der Waals surface area contributed by atoms with Crippen molar-refractivity contribution in [1.82, 2.24) is 5.32 Å². The third kappa shape index (κ3) is 4.09. The summed E-state index contributed by atoms with van der Waals surface area (Å²) >= 11 is 1.84. The average molecular weight is 288 g/mol. The first-order chi connectivity index (χ1) is 9.70. The molecule has 108 valence electrons. The molecule has 2 nitrogen and oxygen atoms in total. The number of benzene rings is 1. The van der Waals surface area contributed by atoms with Crippen LogP contribution in [0, 0.1) is 0 Å². The van der Waals surface area contributed by atoms with E-state index < -0.39 is 0 Å². The predicted molar refractivity (Wildman–Crippen MR) is 89.6 cm³/mol. The molecule has 1 atom stereocenters. The van der Waals surface area contributed by atoms with Gasteiger partial charge in [-0.1, -0.05) is 31.5 Å². The van der Waals surface area contributed by atoms with Crippen molar-refractivity contribution in [3.05, 3.63) is 52.2 Å². The Morgan fingerprint density at radius 2 is 1.90 bits per heavy atom. The van der Waals surface area contributed by atoms with Crippen LogP contribution in [0.4, 0.5) is 5.69 Å². The molecular formula is C17H24N2S. The highest BCUT2D eigenvalue weighted by atomic mass is 32.1. The van der Waals surface area contributed by atoms with Crippen molar-refractivity contribution in [3.8, 4) is 0 Å². The Morgan fingerprint density at radius 1 is 1.15 bits per heavy atom. The molecule has 0 aliphatic carbocycles. The minimum atomic E-state index is 0.480. The van der Waals surface area contributed by atoms with E-state index in [-0.39, 0.29) is 0 Å². The van der Waals surface area contributed by atoms with Gasteiger partial charge >= 0.3 is 0 Å². The monoisotopic (exact) mass is 288 g/mol. The van der Waals surface area contributed by atoms with Crippen molar-refractivity contribution in [3.63, 3.8) is 0 Å². The van der Waals surface area contributed by atoms with Crippen LogP contribution >= 0.6 is 11.3 Å². The zero-order valence-electron chi connectivity index (χ0n) is 12.6. The minimum Gasteiger partial charge on any atom is -0.378 e. The van der Waals surface area contributed by atoms with E-state index >= 15 is 0 Å². The van der Waals surface area contributed by atoms with Crippen LogP contribution < -0.4 is 10.2 Å². The molecule has 1 unspecified atom stereocenters. The molecule has 2 rings (SSSR count). The molecule has 0 aliphatic rings. The van der Waals surface area contributed by atoms with E-state index in [1.807, 2.05) is 11.3 Å². The van der Waals surface area contributed by atoms with E-state index in [2.05, 4.69) is 73.0 Å². The molecule has 1 N–H and O–H groups in total. The lowest BCUT2D eigenvalue weighted by Gasteiger charge is -2.17. The summed E-state index contributed by atoms with van der Waals surface area (Å²) in [6, 6.07) is 13.6. The second-order valence-corrected chi connectivity index (χ2v) is 6.28. The first-order valence-electron chi connectivity index (χ1n) is 7.23. The maximum absolute atomic E-state index is 3.68. The Balaban J connectivity index is 1.95. The quantitative estimate of drug-likeness (QED) is 0.810. The fourth-order valence-electron chi connectivity index (χ4n) is 2.28. The number of anilines is 1. The second kappa shape index (κ2) is 7.46. The topological polar surface area (TPSA) is 15.3 Å². The zero-order chi connectivity index (χ0) is 14.4. The summed E-state index contributed by atoms with van der Waals surface area (Å²) in [5, 5.41) is 5.84. The highest BCUT2D eigenvalue weighted by Crippen LogP contribution is 2.23. The van der Waals surface area contributed by atoms with Gasteiger partial charge in [0.15, 0.2) is 0 Å². The highest BCUT2D eigenvalue weighted by molar-refractivity contribution is 7.10. The molecule has 1 heterocycles. The van der Waals surface area contributed by atoms with Crippen LogP contribution in [0.5, 0.6) is 0 Å². The fourth-order valence-corrected chi connectivity index (χ4v) is 3.11. The zero-order valence-corrected chi connectivity index (χ0v) is 13.4. The normalized spacial score (nSPS) is 12.3. The maximum Gasteiger partial charge on any atom is 0.0417 e. The number of nitrogens with one attached hydrogen (secondary N) is 1. The van der Waals surface area contributed by atoms with Crippen molar-refractivity contribution in [2.75, 3.05) is 19.0 Å². The van der Waals surface area contributed by atoms with Gasteiger partial charge in [-0.2, -0.15) is 0 Å². The van der Waals surface area contributed by atoms with Gasteiger partial charge in [-0.25, -0.2) is 0 Å². The molecule has 0 saturated heterocycles. The maximum atomic E-state index is 3.68. The van der Waals surface area contributed by atoms with Gasteiger partial charge in [0.1, 0.15) is 0 Å².